The Morgan fingerprint density at radius 3 is 1.83 bits per heavy atom. The Labute approximate surface area is 184 Å². The van der Waals surface area contributed by atoms with E-state index in [1.165, 1.54) is 30.3 Å². The summed E-state index contributed by atoms with van der Waals surface area (Å²) in [4.78, 5) is 25.4. The van der Waals surface area contributed by atoms with E-state index in [1.54, 1.807) is 0 Å². The van der Waals surface area contributed by atoms with E-state index in [0.29, 0.717) is 0 Å². The number of ether oxygens (including phenoxy) is 1. The summed E-state index contributed by atoms with van der Waals surface area (Å²) in [5.41, 5.74) is -0.680. The van der Waals surface area contributed by atoms with Crippen LogP contribution in [0.1, 0.15) is 62.3 Å². The third-order valence-electron chi connectivity index (χ3n) is 3.66. The third kappa shape index (κ3) is 6.45. The molecule has 162 valence electrons. The maximum absolute atomic E-state index is 14.4. The smallest absolute Gasteiger partial charge is 0.251 e. The predicted molar refractivity (Wildman–Crippen MR) is 117 cm³/mol. The minimum Gasteiger partial charge on any atom is -0.504 e. The lowest BCUT2D eigenvalue weighted by molar-refractivity contribution is 0.0918. The topological polar surface area (TPSA) is 87.7 Å². The number of rotatable bonds is 4. The van der Waals surface area contributed by atoms with Crippen molar-refractivity contribution in [1.82, 2.24) is 10.6 Å². The van der Waals surface area contributed by atoms with E-state index in [-0.39, 0.29) is 21.3 Å². The standard InChI is InChI=1S/C22H26BrFN2O4/c1-21(2,3)25-19(28)12-9-13(20(29)26-22(4,5)6)11-14(10-12)30-18-16(27)8-7-15(23)17(18)24/h7-11,27H,1-6H3,(H,25,28)(H,26,29). The van der Waals surface area contributed by atoms with E-state index in [1.807, 2.05) is 41.5 Å². The molecule has 3 N–H and O–H groups in total. The Hall–Kier alpha value is -2.61. The number of nitrogens with one attached hydrogen (secondary N) is 2. The number of phenols is 1. The van der Waals surface area contributed by atoms with Gasteiger partial charge in [-0.2, -0.15) is 0 Å². The van der Waals surface area contributed by atoms with E-state index >= 15 is 0 Å². The molecule has 2 aromatic carbocycles. The van der Waals surface area contributed by atoms with Crippen LogP contribution in [0.2, 0.25) is 0 Å². The van der Waals surface area contributed by atoms with Gasteiger partial charge in [0.05, 0.1) is 4.47 Å². The van der Waals surface area contributed by atoms with Crippen LogP contribution >= 0.6 is 15.9 Å². The molecule has 30 heavy (non-hydrogen) atoms. The van der Waals surface area contributed by atoms with Crippen LogP contribution in [0, 0.1) is 5.82 Å². The van der Waals surface area contributed by atoms with Crippen LogP contribution in [0.25, 0.3) is 0 Å². The summed E-state index contributed by atoms with van der Waals surface area (Å²) in [6, 6.07) is 6.81. The van der Waals surface area contributed by atoms with Crippen molar-refractivity contribution < 1.29 is 23.8 Å². The van der Waals surface area contributed by atoms with Gasteiger partial charge in [-0.3, -0.25) is 9.59 Å². The molecule has 0 atom stereocenters. The summed E-state index contributed by atoms with van der Waals surface area (Å²) in [6.07, 6.45) is 0. The van der Waals surface area contributed by atoms with Gasteiger partial charge in [-0.25, -0.2) is 4.39 Å². The van der Waals surface area contributed by atoms with Crippen molar-refractivity contribution in [1.29, 1.82) is 0 Å². The number of hydrogen-bond acceptors (Lipinski definition) is 4. The highest BCUT2D eigenvalue weighted by atomic mass is 79.9. The molecule has 0 spiro atoms. The van der Waals surface area contributed by atoms with Crippen LogP contribution in [0.4, 0.5) is 4.39 Å². The Morgan fingerprint density at radius 2 is 1.40 bits per heavy atom. The van der Waals surface area contributed by atoms with Crippen LogP contribution in [0.15, 0.2) is 34.8 Å². The normalized spacial score (nSPS) is 11.7. The third-order valence-corrected chi connectivity index (χ3v) is 4.27. The lowest BCUT2D eigenvalue weighted by Gasteiger charge is -2.22. The van der Waals surface area contributed by atoms with Crippen molar-refractivity contribution in [3.63, 3.8) is 0 Å². The van der Waals surface area contributed by atoms with Crippen molar-refractivity contribution in [2.75, 3.05) is 0 Å². The number of carbonyl (C=O) groups is 2. The second-order valence-corrected chi connectivity index (χ2v) is 9.82. The minimum absolute atomic E-state index is 0.0305. The largest absolute Gasteiger partial charge is 0.504 e. The van der Waals surface area contributed by atoms with Gasteiger partial charge in [-0.15, -0.1) is 0 Å². The monoisotopic (exact) mass is 480 g/mol. The quantitative estimate of drug-likeness (QED) is 0.564. The fourth-order valence-corrected chi connectivity index (χ4v) is 2.79. The number of hydrogen-bond donors (Lipinski definition) is 3. The van der Waals surface area contributed by atoms with Gasteiger partial charge in [0.15, 0.2) is 11.6 Å². The zero-order valence-corrected chi connectivity index (χ0v) is 19.4. The Bertz CT molecular complexity index is 932. The first-order valence-corrected chi connectivity index (χ1v) is 10.1. The SMILES string of the molecule is CC(C)(C)NC(=O)c1cc(Oc2c(O)ccc(Br)c2F)cc(C(=O)NC(C)(C)C)c1. The lowest BCUT2D eigenvalue weighted by Crippen LogP contribution is -2.41. The van der Waals surface area contributed by atoms with Gasteiger partial charge in [0.2, 0.25) is 5.75 Å². The van der Waals surface area contributed by atoms with Gasteiger partial charge in [0.1, 0.15) is 5.75 Å². The van der Waals surface area contributed by atoms with Gasteiger partial charge < -0.3 is 20.5 Å². The highest BCUT2D eigenvalue weighted by Gasteiger charge is 2.22. The molecule has 0 radical (unpaired) electrons. The van der Waals surface area contributed by atoms with Gasteiger partial charge in [0.25, 0.3) is 11.8 Å². The molecule has 2 aromatic rings. The highest BCUT2D eigenvalue weighted by Crippen LogP contribution is 2.37. The molecule has 0 unspecified atom stereocenters. The molecule has 0 aliphatic carbocycles. The molecular weight excluding hydrogens is 455 g/mol. The van der Waals surface area contributed by atoms with Crippen LogP contribution in [-0.2, 0) is 0 Å². The van der Waals surface area contributed by atoms with Crippen molar-refractivity contribution in [3.8, 4) is 17.2 Å². The predicted octanol–water partition coefficient (Wildman–Crippen LogP) is 5.14. The molecule has 8 heteroatoms. The average Bonchev–Trinajstić information content (AvgIpc) is 2.59. The number of carbonyl (C=O) groups excluding carboxylic acids is 2. The molecule has 0 aliphatic heterocycles. The van der Waals surface area contributed by atoms with Gasteiger partial charge in [0, 0.05) is 22.2 Å². The summed E-state index contributed by atoms with van der Waals surface area (Å²) in [5.74, 6) is -2.45. The Kier molecular flexibility index (Phi) is 6.81. The number of aromatic hydroxyl groups is 1. The fourth-order valence-electron chi connectivity index (χ4n) is 2.48. The highest BCUT2D eigenvalue weighted by molar-refractivity contribution is 9.10. The average molecular weight is 481 g/mol. The molecule has 0 bridgehead atoms. The number of phenolic OH excluding ortho intramolecular Hbond substituents is 1. The van der Waals surface area contributed by atoms with E-state index in [9.17, 15) is 19.1 Å². The van der Waals surface area contributed by atoms with E-state index in [4.69, 9.17) is 4.74 Å². The first kappa shape index (κ1) is 23.7. The second-order valence-electron chi connectivity index (χ2n) is 8.97. The van der Waals surface area contributed by atoms with Crippen LogP contribution in [0.3, 0.4) is 0 Å². The molecule has 0 saturated heterocycles. The van der Waals surface area contributed by atoms with Crippen molar-refractivity contribution in [2.24, 2.45) is 0 Å². The molecule has 0 aliphatic rings. The second kappa shape index (κ2) is 8.63. The molecule has 0 heterocycles. The van der Waals surface area contributed by atoms with Crippen molar-refractivity contribution >= 4 is 27.7 Å². The Morgan fingerprint density at radius 1 is 0.933 bits per heavy atom. The molecule has 0 fully saturated rings. The van der Waals surface area contributed by atoms with Gasteiger partial charge in [-0.1, -0.05) is 0 Å². The van der Waals surface area contributed by atoms with Crippen molar-refractivity contribution in [2.45, 2.75) is 52.6 Å². The van der Waals surface area contributed by atoms with Crippen LogP contribution in [0.5, 0.6) is 17.2 Å². The summed E-state index contributed by atoms with van der Waals surface area (Å²) >= 11 is 3.04. The fraction of sp³-hybridized carbons (Fsp3) is 0.364. The number of amides is 2. The maximum Gasteiger partial charge on any atom is 0.251 e. The van der Waals surface area contributed by atoms with Crippen LogP contribution < -0.4 is 15.4 Å². The molecule has 2 rings (SSSR count). The van der Waals surface area contributed by atoms with E-state index in [2.05, 4.69) is 26.6 Å². The maximum atomic E-state index is 14.4. The Balaban J connectivity index is 2.52. The molecule has 6 nitrogen and oxygen atoms in total. The molecule has 0 aromatic heterocycles. The molecular formula is C22H26BrFN2O4. The minimum atomic E-state index is -0.805. The van der Waals surface area contributed by atoms with Gasteiger partial charge >= 0.3 is 0 Å². The number of halogens is 2. The van der Waals surface area contributed by atoms with Gasteiger partial charge in [-0.05, 0) is 87.8 Å². The molecule has 0 saturated carbocycles. The van der Waals surface area contributed by atoms with Crippen molar-refractivity contribution in [3.05, 3.63) is 51.7 Å². The zero-order chi connectivity index (χ0) is 22.9. The number of benzene rings is 2. The first-order valence-electron chi connectivity index (χ1n) is 9.31. The summed E-state index contributed by atoms with van der Waals surface area (Å²) in [5, 5.41) is 15.6. The first-order chi connectivity index (χ1) is 13.7. The van der Waals surface area contributed by atoms with E-state index < -0.39 is 40.2 Å². The van der Waals surface area contributed by atoms with E-state index in [0.717, 1.165) is 0 Å². The summed E-state index contributed by atoms with van der Waals surface area (Å²) in [6.45, 7) is 11.0. The van der Waals surface area contributed by atoms with Crippen LogP contribution in [-0.4, -0.2) is 28.0 Å². The summed E-state index contributed by atoms with van der Waals surface area (Å²) in [7, 11) is 0. The molecule has 2 amide bonds. The zero-order valence-electron chi connectivity index (χ0n) is 17.8. The lowest BCUT2D eigenvalue weighted by atomic mass is 10.0. The summed E-state index contributed by atoms with van der Waals surface area (Å²) < 4.78 is 20.1.